The summed E-state index contributed by atoms with van der Waals surface area (Å²) in [6.07, 6.45) is 30.1. The Morgan fingerprint density at radius 1 is 0.942 bits per heavy atom. The Kier molecular flexibility index (Phi) is 13.8. The average Bonchev–Trinajstić information content (AvgIpc) is 3.52. The topological polar surface area (TPSA) is 110 Å². The minimum Gasteiger partial charge on any atom is -0.481 e. The third-order valence-electron chi connectivity index (χ3n) is 10.1. The molecule has 4 aliphatic rings. The number of terminal acetylenes is 1. The summed E-state index contributed by atoms with van der Waals surface area (Å²) >= 11 is 7.11. The van der Waals surface area contributed by atoms with E-state index in [1.165, 1.54) is 11.1 Å². The number of aromatic nitrogens is 1. The molecule has 0 spiro atoms. The molecule has 0 saturated carbocycles. The van der Waals surface area contributed by atoms with Crippen LogP contribution in [0.25, 0.3) is 0 Å². The highest BCUT2D eigenvalue weighted by Crippen LogP contribution is 2.44. The smallest absolute Gasteiger partial charge is 0.327 e. The van der Waals surface area contributed by atoms with Crippen molar-refractivity contribution in [3.8, 4) is 12.8 Å². The van der Waals surface area contributed by atoms with Gasteiger partial charge in [-0.2, -0.15) is 0 Å². The van der Waals surface area contributed by atoms with E-state index in [1.54, 1.807) is 0 Å². The largest absolute Gasteiger partial charge is 0.481 e. The van der Waals surface area contributed by atoms with Gasteiger partial charge in [0.1, 0.15) is 5.84 Å². The van der Waals surface area contributed by atoms with Crippen LogP contribution in [-0.4, -0.2) is 70.2 Å². The second-order valence-corrected chi connectivity index (χ2v) is 15.1. The molecule has 5 rings (SSSR count). The first-order valence-electron chi connectivity index (χ1n) is 18.1. The number of amidine groups is 1. The summed E-state index contributed by atoms with van der Waals surface area (Å²) in [6.45, 7) is 11.9. The SMILES string of the molecule is C#C.CN1CC(/C=C/C2=Nc3c(ccc[n+]3CCCCCC(=O)O)C2(C)C)=C(Cl)C(=C/C=C2/N=C3C(=CC=CN3CCCCCC(=O)O)C2(C)C)/C1. The number of carbonyl (C=O) groups is 2. The zero-order valence-corrected chi connectivity index (χ0v) is 32.0. The van der Waals surface area contributed by atoms with Crippen LogP contribution in [0.5, 0.6) is 0 Å². The van der Waals surface area contributed by atoms with Gasteiger partial charge < -0.3 is 15.1 Å². The fraction of sp³-hybridized carbons (Fsp3) is 0.452. The summed E-state index contributed by atoms with van der Waals surface area (Å²) in [4.78, 5) is 36.4. The maximum absolute atomic E-state index is 10.9. The molecule has 10 heteroatoms. The van der Waals surface area contributed by atoms with Gasteiger partial charge in [-0.3, -0.25) is 14.5 Å². The monoisotopic (exact) mass is 726 g/mol. The summed E-state index contributed by atoms with van der Waals surface area (Å²) in [5, 5.41) is 18.6. The van der Waals surface area contributed by atoms with Gasteiger partial charge in [0.2, 0.25) is 0 Å². The van der Waals surface area contributed by atoms with Gasteiger partial charge in [0.25, 0.3) is 0 Å². The Labute approximate surface area is 314 Å². The number of nitrogens with zero attached hydrogens (tertiary/aromatic N) is 5. The predicted molar refractivity (Wildman–Crippen MR) is 210 cm³/mol. The molecule has 276 valence electrons. The number of hydrogen-bond donors (Lipinski definition) is 2. The van der Waals surface area contributed by atoms with Crippen LogP contribution in [0, 0.1) is 18.3 Å². The molecule has 2 N–H and O–H groups in total. The van der Waals surface area contributed by atoms with E-state index >= 15 is 0 Å². The molecule has 5 heterocycles. The molecule has 0 unspecified atom stereocenters. The number of likely N-dealkylation sites (N-methyl/N-ethyl adjacent to an activating group) is 1. The third kappa shape index (κ3) is 9.47. The van der Waals surface area contributed by atoms with Crippen LogP contribution >= 0.6 is 11.6 Å². The minimum absolute atomic E-state index is 0.209. The number of allylic oxidation sites excluding steroid dienone is 6. The lowest BCUT2D eigenvalue weighted by Gasteiger charge is -2.28. The quantitative estimate of drug-likeness (QED) is 0.108. The predicted octanol–water partition coefficient (Wildman–Crippen LogP) is 7.88. The van der Waals surface area contributed by atoms with Crippen molar-refractivity contribution in [2.45, 2.75) is 91.0 Å². The van der Waals surface area contributed by atoms with Crippen molar-refractivity contribution in [3.05, 3.63) is 94.0 Å². The molecule has 0 bridgehead atoms. The zero-order chi connectivity index (χ0) is 38.1. The number of aliphatic imine (C=N–C) groups is 2. The van der Waals surface area contributed by atoms with Crippen LogP contribution in [0.4, 0.5) is 5.82 Å². The fourth-order valence-corrected chi connectivity index (χ4v) is 7.26. The van der Waals surface area contributed by atoms with E-state index in [1.807, 2.05) is 0 Å². The van der Waals surface area contributed by atoms with E-state index in [0.29, 0.717) is 12.8 Å². The highest BCUT2D eigenvalue weighted by molar-refractivity contribution is 6.32. The molecule has 0 fully saturated rings. The molecule has 0 aromatic carbocycles. The molecule has 4 aliphatic heterocycles. The molecule has 0 radical (unpaired) electrons. The van der Waals surface area contributed by atoms with E-state index < -0.39 is 11.9 Å². The van der Waals surface area contributed by atoms with Crippen LogP contribution in [0.3, 0.4) is 0 Å². The van der Waals surface area contributed by atoms with Crippen molar-refractivity contribution in [3.63, 3.8) is 0 Å². The second kappa shape index (κ2) is 17.8. The average molecular weight is 727 g/mol. The van der Waals surface area contributed by atoms with Gasteiger partial charge in [0, 0.05) is 54.7 Å². The molecular weight excluding hydrogens is 674 g/mol. The first-order valence-corrected chi connectivity index (χ1v) is 18.5. The van der Waals surface area contributed by atoms with Gasteiger partial charge in [0.15, 0.2) is 5.71 Å². The highest BCUT2D eigenvalue weighted by atomic mass is 35.5. The Morgan fingerprint density at radius 2 is 1.63 bits per heavy atom. The number of pyridine rings is 1. The molecule has 9 nitrogen and oxygen atoms in total. The van der Waals surface area contributed by atoms with Crippen molar-refractivity contribution in [1.82, 2.24) is 9.80 Å². The van der Waals surface area contributed by atoms with Gasteiger partial charge >= 0.3 is 17.8 Å². The number of carboxylic acids is 2. The Hall–Kier alpha value is -4.52. The van der Waals surface area contributed by atoms with Crippen LogP contribution < -0.4 is 4.57 Å². The van der Waals surface area contributed by atoms with Crippen molar-refractivity contribution in [1.29, 1.82) is 0 Å². The van der Waals surface area contributed by atoms with Gasteiger partial charge in [-0.15, -0.1) is 12.8 Å². The third-order valence-corrected chi connectivity index (χ3v) is 10.6. The van der Waals surface area contributed by atoms with Gasteiger partial charge in [-0.25, -0.2) is 9.56 Å². The lowest BCUT2D eigenvalue weighted by atomic mass is 9.81. The maximum Gasteiger partial charge on any atom is 0.327 e. The number of carboxylic acid groups (broad SMARTS) is 2. The Bertz CT molecular complexity index is 1800. The lowest BCUT2D eigenvalue weighted by Crippen LogP contribution is -2.34. The first kappa shape index (κ1) is 40.3. The molecule has 1 aromatic rings. The Morgan fingerprint density at radius 3 is 2.33 bits per heavy atom. The summed E-state index contributed by atoms with van der Waals surface area (Å²) in [6, 6.07) is 4.22. The summed E-state index contributed by atoms with van der Waals surface area (Å²) in [7, 11) is 2.10. The number of rotatable bonds is 15. The normalized spacial score (nSPS) is 20.4. The molecule has 0 atom stereocenters. The highest BCUT2D eigenvalue weighted by Gasteiger charge is 2.42. The summed E-state index contributed by atoms with van der Waals surface area (Å²) in [5.41, 5.74) is 5.87. The van der Waals surface area contributed by atoms with Crippen molar-refractivity contribution >= 4 is 40.9 Å². The molecule has 0 amide bonds. The lowest BCUT2D eigenvalue weighted by molar-refractivity contribution is -0.684. The molecule has 1 aromatic heterocycles. The standard InChI is InChI=1S/C40H50ClN5O4.C2H2/c1-39(2)30-14-12-24-45(22-10-6-8-16-34(47)48)37(30)42-32(39)20-18-28-26-44(5)27-29(36(28)41)19-21-33-40(3,4)31-15-13-25-46(38(31)43-33)23-11-7-9-17-35(49)50;1-2/h12-15,18-21,24-25H,6-11,16-17,22-23,26-27H2,1-5H3,(H-,47,48,49,50);1-2H/p+1. The first-order chi connectivity index (χ1) is 24.8. The number of fused-ring (bicyclic) bond motifs is 2. The molecule has 0 aliphatic carbocycles. The second-order valence-electron chi connectivity index (χ2n) is 14.7. The number of aliphatic carboxylic acids is 2. The molecule has 0 saturated heterocycles. The van der Waals surface area contributed by atoms with E-state index in [9.17, 15) is 9.59 Å². The summed E-state index contributed by atoms with van der Waals surface area (Å²) in [5.74, 6) is 0.443. The van der Waals surface area contributed by atoms with Crippen molar-refractivity contribution in [2.24, 2.45) is 15.4 Å². The fourth-order valence-electron chi connectivity index (χ4n) is 7.01. The minimum atomic E-state index is -0.743. The van der Waals surface area contributed by atoms with E-state index in [0.717, 1.165) is 91.1 Å². The van der Waals surface area contributed by atoms with Crippen LogP contribution in [0.2, 0.25) is 0 Å². The van der Waals surface area contributed by atoms with Crippen molar-refractivity contribution < 1.29 is 24.4 Å². The van der Waals surface area contributed by atoms with E-state index in [4.69, 9.17) is 31.8 Å². The number of aryl methyl sites for hydroxylation is 1. The number of hydrogen-bond acceptors (Lipinski definition) is 6. The summed E-state index contributed by atoms with van der Waals surface area (Å²) < 4.78 is 2.19. The van der Waals surface area contributed by atoms with E-state index in [-0.39, 0.29) is 23.7 Å². The van der Waals surface area contributed by atoms with Gasteiger partial charge in [0.05, 0.1) is 29.4 Å². The maximum atomic E-state index is 10.9. The van der Waals surface area contributed by atoms with E-state index in [2.05, 4.69) is 123 Å². The number of unbranched alkanes of at least 4 members (excludes halogenated alkanes) is 4. The van der Waals surface area contributed by atoms with Gasteiger partial charge in [-0.05, 0) is 99.5 Å². The molecular formula is C42H53ClN5O4+. The van der Waals surface area contributed by atoms with Crippen LogP contribution in [-0.2, 0) is 21.5 Å². The Balaban J connectivity index is 0.00000297. The number of halogens is 1. The zero-order valence-electron chi connectivity index (χ0n) is 31.2. The van der Waals surface area contributed by atoms with Crippen LogP contribution in [0.1, 0.15) is 84.6 Å². The van der Waals surface area contributed by atoms with Crippen molar-refractivity contribution in [2.75, 3.05) is 26.7 Å². The van der Waals surface area contributed by atoms with Crippen LogP contribution in [0.15, 0.2) is 98.4 Å². The van der Waals surface area contributed by atoms with Gasteiger partial charge in [-0.1, -0.05) is 50.1 Å². The molecule has 52 heavy (non-hydrogen) atoms.